The number of amides is 1. The zero-order valence-electron chi connectivity index (χ0n) is 9.92. The maximum atomic E-state index is 11.8. The lowest BCUT2D eigenvalue weighted by Gasteiger charge is -2.09. The number of rotatable bonds is 4. The largest absolute Gasteiger partial charge is 0.352 e. The smallest absolute Gasteiger partial charge is 0.251 e. The van der Waals surface area contributed by atoms with Gasteiger partial charge >= 0.3 is 0 Å². The second kappa shape index (κ2) is 6.20. The Morgan fingerprint density at radius 3 is 2.82 bits per heavy atom. The van der Waals surface area contributed by atoms with Crippen molar-refractivity contribution in [2.24, 2.45) is 5.92 Å². The third-order valence-corrected chi connectivity index (χ3v) is 3.89. The van der Waals surface area contributed by atoms with Crippen LogP contribution in [0, 0.1) is 5.92 Å². The van der Waals surface area contributed by atoms with Crippen LogP contribution in [0.4, 0.5) is 0 Å². The van der Waals surface area contributed by atoms with Crippen LogP contribution in [0.25, 0.3) is 0 Å². The number of carbonyl (C=O) groups excluding carboxylic acids is 1. The van der Waals surface area contributed by atoms with Gasteiger partial charge in [0.15, 0.2) is 0 Å². The van der Waals surface area contributed by atoms with Crippen LogP contribution >= 0.6 is 15.9 Å². The Bertz CT molecular complexity index is 386. The van der Waals surface area contributed by atoms with Gasteiger partial charge in [-0.2, -0.15) is 0 Å². The summed E-state index contributed by atoms with van der Waals surface area (Å²) in [6.07, 6.45) is 6.54. The van der Waals surface area contributed by atoms with Crippen molar-refractivity contribution in [2.75, 3.05) is 6.54 Å². The van der Waals surface area contributed by atoms with E-state index in [0.717, 1.165) is 28.9 Å². The van der Waals surface area contributed by atoms with E-state index < -0.39 is 0 Å². The first-order chi connectivity index (χ1) is 8.25. The van der Waals surface area contributed by atoms with Gasteiger partial charge in [-0.05, 0) is 30.5 Å². The highest BCUT2D eigenvalue weighted by atomic mass is 79.9. The van der Waals surface area contributed by atoms with Gasteiger partial charge in [0.05, 0.1) is 0 Å². The molecule has 0 aliphatic heterocycles. The van der Waals surface area contributed by atoms with Crippen LogP contribution in [-0.4, -0.2) is 12.5 Å². The second-order valence-corrected chi connectivity index (χ2v) is 5.62. The van der Waals surface area contributed by atoms with Crippen molar-refractivity contribution in [3.63, 3.8) is 0 Å². The Hall–Kier alpha value is -0.830. The van der Waals surface area contributed by atoms with Gasteiger partial charge in [0.1, 0.15) is 0 Å². The van der Waals surface area contributed by atoms with Gasteiger partial charge in [-0.25, -0.2) is 0 Å². The number of nitrogens with one attached hydrogen (secondary N) is 1. The zero-order valence-corrected chi connectivity index (χ0v) is 11.5. The predicted molar refractivity (Wildman–Crippen MR) is 73.1 cm³/mol. The van der Waals surface area contributed by atoms with Crippen molar-refractivity contribution in [1.29, 1.82) is 0 Å². The molecule has 1 saturated carbocycles. The lowest BCUT2D eigenvalue weighted by atomic mass is 10.0. The molecule has 0 aromatic heterocycles. The third kappa shape index (κ3) is 3.84. The topological polar surface area (TPSA) is 29.1 Å². The standard InChI is InChI=1S/C14H18BrNO/c15-13-7-3-6-12(10-13)14(17)16-9-8-11-4-1-2-5-11/h3,6-7,10-11H,1-2,4-5,8-9H2,(H,16,17). The van der Waals surface area contributed by atoms with E-state index in [4.69, 9.17) is 0 Å². The van der Waals surface area contributed by atoms with Crippen LogP contribution in [-0.2, 0) is 0 Å². The van der Waals surface area contributed by atoms with Gasteiger partial charge in [0, 0.05) is 16.6 Å². The van der Waals surface area contributed by atoms with Crippen molar-refractivity contribution >= 4 is 21.8 Å². The van der Waals surface area contributed by atoms with Gasteiger partial charge in [-0.15, -0.1) is 0 Å². The van der Waals surface area contributed by atoms with Crippen molar-refractivity contribution in [2.45, 2.75) is 32.1 Å². The van der Waals surface area contributed by atoms with E-state index in [1.165, 1.54) is 25.7 Å². The summed E-state index contributed by atoms with van der Waals surface area (Å²) in [5, 5.41) is 2.99. The normalized spacial score (nSPS) is 16.1. The van der Waals surface area contributed by atoms with Crippen LogP contribution in [0.3, 0.4) is 0 Å². The van der Waals surface area contributed by atoms with E-state index in [2.05, 4.69) is 21.2 Å². The molecule has 92 valence electrons. The summed E-state index contributed by atoms with van der Waals surface area (Å²) in [6.45, 7) is 0.802. The fourth-order valence-corrected chi connectivity index (χ4v) is 2.82. The van der Waals surface area contributed by atoms with Crippen LogP contribution in [0.2, 0.25) is 0 Å². The van der Waals surface area contributed by atoms with Gasteiger partial charge in [-0.1, -0.05) is 47.7 Å². The average Bonchev–Trinajstić information content (AvgIpc) is 2.82. The molecule has 0 bridgehead atoms. The first-order valence-corrected chi connectivity index (χ1v) is 7.09. The summed E-state index contributed by atoms with van der Waals surface area (Å²) >= 11 is 3.37. The van der Waals surface area contributed by atoms with Crippen molar-refractivity contribution in [1.82, 2.24) is 5.32 Å². The Labute approximate surface area is 111 Å². The van der Waals surface area contributed by atoms with E-state index in [9.17, 15) is 4.79 Å². The quantitative estimate of drug-likeness (QED) is 0.900. The second-order valence-electron chi connectivity index (χ2n) is 4.71. The molecule has 1 aliphatic carbocycles. The molecule has 0 saturated heterocycles. The van der Waals surface area contributed by atoms with Crippen LogP contribution in [0.15, 0.2) is 28.7 Å². The first kappa shape index (κ1) is 12.6. The zero-order chi connectivity index (χ0) is 12.1. The monoisotopic (exact) mass is 295 g/mol. The molecule has 2 rings (SSSR count). The lowest BCUT2D eigenvalue weighted by Crippen LogP contribution is -2.25. The molecule has 2 nitrogen and oxygen atoms in total. The summed E-state index contributed by atoms with van der Waals surface area (Å²) in [7, 11) is 0. The van der Waals surface area contributed by atoms with Gasteiger partial charge in [0.2, 0.25) is 0 Å². The Morgan fingerprint density at radius 1 is 1.35 bits per heavy atom. The van der Waals surface area contributed by atoms with E-state index in [1.54, 1.807) is 0 Å². The molecule has 1 aromatic rings. The molecule has 0 radical (unpaired) electrons. The molecule has 0 unspecified atom stereocenters. The number of benzene rings is 1. The highest BCUT2D eigenvalue weighted by Crippen LogP contribution is 2.26. The SMILES string of the molecule is O=C(NCCC1CCCC1)c1cccc(Br)c1. The number of halogens is 1. The number of hydrogen-bond donors (Lipinski definition) is 1. The maximum absolute atomic E-state index is 11.8. The van der Waals surface area contributed by atoms with Gasteiger partial charge < -0.3 is 5.32 Å². The Morgan fingerprint density at radius 2 is 2.12 bits per heavy atom. The molecule has 1 N–H and O–H groups in total. The van der Waals surface area contributed by atoms with E-state index in [-0.39, 0.29) is 5.91 Å². The van der Waals surface area contributed by atoms with Gasteiger partial charge in [-0.3, -0.25) is 4.79 Å². The Balaban J connectivity index is 1.77. The van der Waals surface area contributed by atoms with E-state index in [1.807, 2.05) is 24.3 Å². The summed E-state index contributed by atoms with van der Waals surface area (Å²) < 4.78 is 0.945. The van der Waals surface area contributed by atoms with Crippen LogP contribution < -0.4 is 5.32 Å². The molecule has 1 amide bonds. The minimum absolute atomic E-state index is 0.0318. The third-order valence-electron chi connectivity index (χ3n) is 3.40. The number of carbonyl (C=O) groups is 1. The highest BCUT2D eigenvalue weighted by molar-refractivity contribution is 9.10. The fourth-order valence-electron chi connectivity index (χ4n) is 2.42. The van der Waals surface area contributed by atoms with Crippen molar-refractivity contribution in [3.8, 4) is 0 Å². The maximum Gasteiger partial charge on any atom is 0.251 e. The minimum atomic E-state index is 0.0318. The molecule has 1 aliphatic rings. The molecular weight excluding hydrogens is 278 g/mol. The van der Waals surface area contributed by atoms with Crippen molar-refractivity contribution < 1.29 is 4.79 Å². The fraction of sp³-hybridized carbons (Fsp3) is 0.500. The summed E-state index contributed by atoms with van der Waals surface area (Å²) in [5.41, 5.74) is 0.728. The molecular formula is C14H18BrNO. The average molecular weight is 296 g/mol. The molecule has 1 fully saturated rings. The predicted octanol–water partition coefficient (Wildman–Crippen LogP) is 3.76. The molecule has 3 heteroatoms. The van der Waals surface area contributed by atoms with E-state index in [0.29, 0.717) is 0 Å². The summed E-state index contributed by atoms with van der Waals surface area (Å²) in [6, 6.07) is 7.51. The molecule has 0 spiro atoms. The molecule has 17 heavy (non-hydrogen) atoms. The molecule has 1 aromatic carbocycles. The van der Waals surface area contributed by atoms with Crippen LogP contribution in [0.5, 0.6) is 0 Å². The lowest BCUT2D eigenvalue weighted by molar-refractivity contribution is 0.0951. The highest BCUT2D eigenvalue weighted by Gasteiger charge is 2.14. The minimum Gasteiger partial charge on any atom is -0.352 e. The molecule has 0 atom stereocenters. The van der Waals surface area contributed by atoms with Crippen LogP contribution in [0.1, 0.15) is 42.5 Å². The number of hydrogen-bond acceptors (Lipinski definition) is 1. The Kier molecular flexibility index (Phi) is 4.60. The summed E-state index contributed by atoms with van der Waals surface area (Å²) in [4.78, 5) is 11.8. The van der Waals surface area contributed by atoms with Crippen molar-refractivity contribution in [3.05, 3.63) is 34.3 Å². The van der Waals surface area contributed by atoms with E-state index >= 15 is 0 Å². The first-order valence-electron chi connectivity index (χ1n) is 6.29. The molecule has 0 heterocycles. The van der Waals surface area contributed by atoms with Gasteiger partial charge in [0.25, 0.3) is 5.91 Å². The summed E-state index contributed by atoms with van der Waals surface area (Å²) in [5.74, 6) is 0.863.